The van der Waals surface area contributed by atoms with Gasteiger partial charge in [-0.2, -0.15) is 0 Å². The van der Waals surface area contributed by atoms with Crippen molar-refractivity contribution in [3.63, 3.8) is 0 Å². The third kappa shape index (κ3) is 4.85. The molecule has 2 aromatic rings. The number of hydrogen-bond acceptors (Lipinski definition) is 6. The summed E-state index contributed by atoms with van der Waals surface area (Å²) in [6.45, 7) is 8.58. The fourth-order valence-electron chi connectivity index (χ4n) is 3.09. The molecule has 1 saturated heterocycles. The number of para-hydroxylation sites is 1. The van der Waals surface area contributed by atoms with Crippen LogP contribution in [0.3, 0.4) is 0 Å². The van der Waals surface area contributed by atoms with E-state index in [1.165, 1.54) is 11.8 Å². The average Bonchev–Trinajstić information content (AvgIpc) is 2.63. The Bertz CT molecular complexity index is 787. The van der Waals surface area contributed by atoms with E-state index in [2.05, 4.69) is 23.7 Å². The van der Waals surface area contributed by atoms with Crippen LogP contribution in [0.1, 0.15) is 13.8 Å². The molecule has 0 amide bonds. The molecule has 1 fully saturated rings. The first-order chi connectivity index (χ1) is 12.5. The molecule has 6 nitrogen and oxygen atoms in total. The van der Waals surface area contributed by atoms with Crippen LogP contribution < -0.4 is 5.56 Å². The van der Waals surface area contributed by atoms with Gasteiger partial charge >= 0.3 is 0 Å². The predicted molar refractivity (Wildman–Crippen MR) is 105 cm³/mol. The molecule has 0 saturated carbocycles. The maximum absolute atomic E-state index is 12.9. The SMILES string of the molecule is CC(C)Cn1c(SC[C@H](O)CN2CCOCC2)nc2ccccc2c1=O. The number of thioether (sulfide) groups is 1. The van der Waals surface area contributed by atoms with E-state index in [0.717, 1.165) is 26.3 Å². The van der Waals surface area contributed by atoms with E-state index in [4.69, 9.17) is 4.74 Å². The third-order valence-electron chi connectivity index (χ3n) is 4.35. The summed E-state index contributed by atoms with van der Waals surface area (Å²) in [5, 5.41) is 11.7. The lowest BCUT2D eigenvalue weighted by Crippen LogP contribution is -2.41. The van der Waals surface area contributed by atoms with Gasteiger partial charge in [-0.1, -0.05) is 37.7 Å². The van der Waals surface area contributed by atoms with Gasteiger partial charge in [-0.3, -0.25) is 14.3 Å². The van der Waals surface area contributed by atoms with Gasteiger partial charge in [0.15, 0.2) is 5.16 Å². The van der Waals surface area contributed by atoms with Crippen molar-refractivity contribution in [3.05, 3.63) is 34.6 Å². The predicted octanol–water partition coefficient (Wildman–Crippen LogP) is 1.84. The second-order valence-electron chi connectivity index (χ2n) is 7.10. The number of aliphatic hydroxyl groups is 1. The Labute approximate surface area is 158 Å². The topological polar surface area (TPSA) is 67.6 Å². The van der Waals surface area contributed by atoms with Gasteiger partial charge in [0.2, 0.25) is 0 Å². The highest BCUT2D eigenvalue weighted by Gasteiger charge is 2.17. The Morgan fingerprint density at radius 2 is 1.96 bits per heavy atom. The normalized spacial score (nSPS) is 17.1. The van der Waals surface area contributed by atoms with Crippen LogP contribution in [0.2, 0.25) is 0 Å². The lowest BCUT2D eigenvalue weighted by Gasteiger charge is -2.28. The maximum Gasteiger partial charge on any atom is 0.262 e. The first-order valence-corrected chi connectivity index (χ1v) is 10.1. The molecule has 7 heteroatoms. The number of aromatic nitrogens is 2. The van der Waals surface area contributed by atoms with Crippen molar-refractivity contribution in [2.75, 3.05) is 38.6 Å². The molecule has 26 heavy (non-hydrogen) atoms. The quantitative estimate of drug-likeness (QED) is 0.587. The molecule has 0 radical (unpaired) electrons. The molecule has 1 aromatic carbocycles. The molecule has 1 N–H and O–H groups in total. The first kappa shape index (κ1) is 19.4. The lowest BCUT2D eigenvalue weighted by atomic mass is 10.2. The number of fused-ring (bicyclic) bond motifs is 1. The van der Waals surface area contributed by atoms with Gasteiger partial charge in [-0.05, 0) is 18.1 Å². The summed E-state index contributed by atoms with van der Waals surface area (Å²) in [5.74, 6) is 0.855. The monoisotopic (exact) mass is 377 g/mol. The number of morpholine rings is 1. The van der Waals surface area contributed by atoms with Crippen LogP contribution in [0.4, 0.5) is 0 Å². The van der Waals surface area contributed by atoms with E-state index in [0.29, 0.717) is 40.8 Å². The van der Waals surface area contributed by atoms with Gasteiger partial charge in [0.25, 0.3) is 5.56 Å². The van der Waals surface area contributed by atoms with Crippen molar-refractivity contribution >= 4 is 22.7 Å². The average molecular weight is 378 g/mol. The molecule has 0 unspecified atom stereocenters. The van der Waals surface area contributed by atoms with E-state index in [1.54, 1.807) is 4.57 Å². The number of ether oxygens (including phenoxy) is 1. The van der Waals surface area contributed by atoms with Gasteiger partial charge in [0, 0.05) is 31.9 Å². The minimum Gasteiger partial charge on any atom is -0.391 e. The van der Waals surface area contributed by atoms with E-state index >= 15 is 0 Å². The lowest BCUT2D eigenvalue weighted by molar-refractivity contribution is 0.0188. The minimum atomic E-state index is -0.464. The van der Waals surface area contributed by atoms with Crippen molar-refractivity contribution in [1.82, 2.24) is 14.5 Å². The fraction of sp³-hybridized carbons (Fsp3) is 0.579. The van der Waals surface area contributed by atoms with Gasteiger partial charge < -0.3 is 9.84 Å². The summed E-state index contributed by atoms with van der Waals surface area (Å²) in [7, 11) is 0. The zero-order valence-electron chi connectivity index (χ0n) is 15.4. The second-order valence-corrected chi connectivity index (χ2v) is 8.09. The van der Waals surface area contributed by atoms with Gasteiger partial charge in [-0.15, -0.1) is 0 Å². The summed E-state index contributed by atoms with van der Waals surface area (Å²) >= 11 is 1.46. The van der Waals surface area contributed by atoms with Gasteiger partial charge in [0.05, 0.1) is 30.2 Å². The van der Waals surface area contributed by atoms with E-state index in [1.807, 2.05) is 24.3 Å². The molecule has 1 aliphatic rings. The molecule has 142 valence electrons. The highest BCUT2D eigenvalue weighted by atomic mass is 32.2. The Morgan fingerprint density at radius 3 is 2.69 bits per heavy atom. The molecule has 0 spiro atoms. The van der Waals surface area contributed by atoms with Crippen molar-refractivity contribution < 1.29 is 9.84 Å². The van der Waals surface area contributed by atoms with Crippen LogP contribution in [0.5, 0.6) is 0 Å². The maximum atomic E-state index is 12.9. The van der Waals surface area contributed by atoms with Crippen LogP contribution >= 0.6 is 11.8 Å². The molecule has 1 aliphatic heterocycles. The third-order valence-corrected chi connectivity index (χ3v) is 5.47. The number of rotatable bonds is 7. The second kappa shape index (κ2) is 8.99. The number of aliphatic hydroxyl groups excluding tert-OH is 1. The molecular weight excluding hydrogens is 350 g/mol. The summed E-state index contributed by atoms with van der Waals surface area (Å²) < 4.78 is 7.09. The molecular formula is C19H27N3O3S. The van der Waals surface area contributed by atoms with Crippen molar-refractivity contribution in [2.24, 2.45) is 5.92 Å². The Balaban J connectivity index is 1.76. The number of β-amino-alcohol motifs (C(OH)–C–C–N with tert-alkyl or cyclic N) is 1. The molecule has 1 atom stereocenters. The minimum absolute atomic E-state index is 0.00512. The zero-order valence-corrected chi connectivity index (χ0v) is 16.2. The van der Waals surface area contributed by atoms with Crippen molar-refractivity contribution in [3.8, 4) is 0 Å². The fourth-order valence-corrected chi connectivity index (χ4v) is 4.01. The highest BCUT2D eigenvalue weighted by molar-refractivity contribution is 7.99. The number of hydrogen-bond donors (Lipinski definition) is 1. The Hall–Kier alpha value is -1.41. The van der Waals surface area contributed by atoms with E-state index in [9.17, 15) is 9.90 Å². The van der Waals surface area contributed by atoms with Crippen LogP contribution in [0.15, 0.2) is 34.2 Å². The summed E-state index contributed by atoms with van der Waals surface area (Å²) in [6, 6.07) is 7.45. The first-order valence-electron chi connectivity index (χ1n) is 9.15. The molecule has 3 rings (SSSR count). The number of nitrogens with zero attached hydrogens (tertiary/aromatic N) is 3. The highest BCUT2D eigenvalue weighted by Crippen LogP contribution is 2.20. The summed E-state index contributed by atoms with van der Waals surface area (Å²) in [6.07, 6.45) is -0.464. The zero-order chi connectivity index (χ0) is 18.5. The van der Waals surface area contributed by atoms with E-state index in [-0.39, 0.29) is 5.56 Å². The Morgan fingerprint density at radius 1 is 1.23 bits per heavy atom. The molecule has 0 aliphatic carbocycles. The Kier molecular flexibility index (Phi) is 6.69. The van der Waals surface area contributed by atoms with Crippen molar-refractivity contribution in [2.45, 2.75) is 31.7 Å². The smallest absolute Gasteiger partial charge is 0.262 e. The summed E-state index contributed by atoms with van der Waals surface area (Å²) in [5.41, 5.74) is 0.706. The van der Waals surface area contributed by atoms with Crippen LogP contribution in [0, 0.1) is 5.92 Å². The molecule has 1 aromatic heterocycles. The standard InChI is InChI=1S/C19H27N3O3S/c1-14(2)11-22-18(24)16-5-3-4-6-17(16)20-19(22)26-13-15(23)12-21-7-9-25-10-8-21/h3-6,14-15,23H,7-13H2,1-2H3/t15-/m1/s1. The van der Waals surface area contributed by atoms with Crippen LogP contribution in [-0.2, 0) is 11.3 Å². The number of benzene rings is 1. The summed E-state index contributed by atoms with van der Waals surface area (Å²) in [4.78, 5) is 19.8. The van der Waals surface area contributed by atoms with E-state index < -0.39 is 6.10 Å². The molecule has 0 bridgehead atoms. The largest absolute Gasteiger partial charge is 0.391 e. The molecule has 2 heterocycles. The van der Waals surface area contributed by atoms with Crippen LogP contribution in [0.25, 0.3) is 10.9 Å². The van der Waals surface area contributed by atoms with Crippen LogP contribution in [-0.4, -0.2) is 64.3 Å². The van der Waals surface area contributed by atoms with Gasteiger partial charge in [0.1, 0.15) is 0 Å². The van der Waals surface area contributed by atoms with Crippen molar-refractivity contribution in [1.29, 1.82) is 0 Å². The van der Waals surface area contributed by atoms with Gasteiger partial charge in [-0.25, -0.2) is 4.98 Å².